The monoisotopic (exact) mass is 421 g/mol. The third kappa shape index (κ3) is 4.32. The fourth-order valence-electron chi connectivity index (χ4n) is 4.08. The fraction of sp³-hybridized carbons (Fsp3) is 0.333. The Kier molecular flexibility index (Phi) is 6.04. The van der Waals surface area contributed by atoms with E-state index in [2.05, 4.69) is 27.3 Å². The zero-order valence-electron chi connectivity index (χ0n) is 18.2. The highest BCUT2D eigenvalue weighted by Gasteiger charge is 2.19. The van der Waals surface area contributed by atoms with Gasteiger partial charge in [-0.2, -0.15) is 5.10 Å². The van der Waals surface area contributed by atoms with E-state index >= 15 is 0 Å². The number of carbonyl (C=O) groups excluding carboxylic acids is 1. The van der Waals surface area contributed by atoms with Crippen molar-refractivity contribution < 1.29 is 9.18 Å². The topological polar surface area (TPSA) is 52.9 Å². The van der Waals surface area contributed by atoms with Gasteiger partial charge in [-0.25, -0.2) is 9.82 Å². The lowest BCUT2D eigenvalue weighted by Gasteiger charge is -2.35. The number of hydrazone groups is 1. The first kappa shape index (κ1) is 21.1. The van der Waals surface area contributed by atoms with Gasteiger partial charge in [-0.1, -0.05) is 31.2 Å². The molecule has 0 aliphatic carbocycles. The van der Waals surface area contributed by atoms with E-state index in [0.29, 0.717) is 22.5 Å². The SMILES string of the molecule is CCN1CCN(c2ccc(/C(C)=N\NC(=O)c3cn(C)c4ccccc34)cc2F)CC1. The molecule has 1 aliphatic rings. The highest BCUT2D eigenvalue weighted by atomic mass is 19.1. The Morgan fingerprint density at radius 1 is 1.13 bits per heavy atom. The van der Waals surface area contributed by atoms with E-state index in [0.717, 1.165) is 43.6 Å². The Balaban J connectivity index is 1.47. The molecule has 1 aromatic heterocycles. The van der Waals surface area contributed by atoms with Gasteiger partial charge in [-0.3, -0.25) is 4.79 Å². The van der Waals surface area contributed by atoms with Crippen LogP contribution in [0.3, 0.4) is 0 Å². The summed E-state index contributed by atoms with van der Waals surface area (Å²) in [6.07, 6.45) is 1.79. The molecule has 1 amide bonds. The van der Waals surface area contributed by atoms with Crippen molar-refractivity contribution in [3.8, 4) is 0 Å². The van der Waals surface area contributed by atoms with E-state index in [-0.39, 0.29) is 11.7 Å². The van der Waals surface area contributed by atoms with Crippen molar-refractivity contribution in [3.05, 3.63) is 65.6 Å². The molecule has 1 saturated heterocycles. The molecule has 162 valence electrons. The van der Waals surface area contributed by atoms with Crippen molar-refractivity contribution in [3.63, 3.8) is 0 Å². The number of carbonyl (C=O) groups is 1. The number of nitrogens with zero attached hydrogens (tertiary/aromatic N) is 4. The number of hydrogen-bond acceptors (Lipinski definition) is 4. The number of nitrogens with one attached hydrogen (secondary N) is 1. The molecule has 0 saturated carbocycles. The van der Waals surface area contributed by atoms with Gasteiger partial charge in [0.05, 0.1) is 17.0 Å². The first-order valence-electron chi connectivity index (χ1n) is 10.6. The Labute approximate surface area is 181 Å². The predicted octanol–water partition coefficient (Wildman–Crippen LogP) is 3.61. The molecule has 1 N–H and O–H groups in total. The average Bonchev–Trinajstić information content (AvgIpc) is 3.14. The van der Waals surface area contributed by atoms with Crippen molar-refractivity contribution in [2.75, 3.05) is 37.6 Å². The van der Waals surface area contributed by atoms with Crippen LogP contribution in [0, 0.1) is 5.82 Å². The van der Waals surface area contributed by atoms with Crippen LogP contribution < -0.4 is 10.3 Å². The van der Waals surface area contributed by atoms with Gasteiger partial charge >= 0.3 is 0 Å². The zero-order valence-corrected chi connectivity index (χ0v) is 18.2. The number of anilines is 1. The minimum atomic E-state index is -0.290. The maximum absolute atomic E-state index is 14.8. The van der Waals surface area contributed by atoms with E-state index in [1.54, 1.807) is 19.2 Å². The first-order chi connectivity index (χ1) is 15.0. The van der Waals surface area contributed by atoms with E-state index < -0.39 is 0 Å². The summed E-state index contributed by atoms with van der Waals surface area (Å²) in [6.45, 7) is 8.45. The maximum atomic E-state index is 14.8. The van der Waals surface area contributed by atoms with Crippen LogP contribution in [-0.2, 0) is 7.05 Å². The Bertz CT molecular complexity index is 1130. The molecular weight excluding hydrogens is 393 g/mol. The molecule has 1 fully saturated rings. The van der Waals surface area contributed by atoms with Gasteiger partial charge in [0.25, 0.3) is 5.91 Å². The van der Waals surface area contributed by atoms with Gasteiger partial charge in [0, 0.05) is 55.9 Å². The normalized spacial score (nSPS) is 15.5. The lowest BCUT2D eigenvalue weighted by atomic mass is 10.1. The number of rotatable bonds is 5. The van der Waals surface area contributed by atoms with Crippen LogP contribution in [0.2, 0.25) is 0 Å². The van der Waals surface area contributed by atoms with Crippen LogP contribution in [0.4, 0.5) is 10.1 Å². The van der Waals surface area contributed by atoms with E-state index in [1.807, 2.05) is 41.9 Å². The smallest absolute Gasteiger partial charge is 0.273 e. The highest BCUT2D eigenvalue weighted by molar-refractivity contribution is 6.08. The summed E-state index contributed by atoms with van der Waals surface area (Å²) in [6, 6.07) is 12.9. The number of likely N-dealkylation sites (N-methyl/N-ethyl adjacent to an activating group) is 1. The van der Waals surface area contributed by atoms with Crippen LogP contribution in [0.25, 0.3) is 10.9 Å². The molecule has 7 heteroatoms. The van der Waals surface area contributed by atoms with Gasteiger partial charge in [0.1, 0.15) is 5.82 Å². The average molecular weight is 422 g/mol. The molecule has 6 nitrogen and oxygen atoms in total. The third-order valence-electron chi connectivity index (χ3n) is 5.99. The predicted molar refractivity (Wildman–Crippen MR) is 123 cm³/mol. The summed E-state index contributed by atoms with van der Waals surface area (Å²) in [4.78, 5) is 17.1. The Morgan fingerprint density at radius 2 is 1.87 bits per heavy atom. The number of aromatic nitrogens is 1. The third-order valence-corrected chi connectivity index (χ3v) is 5.99. The van der Waals surface area contributed by atoms with Gasteiger partial charge < -0.3 is 14.4 Å². The second-order valence-electron chi connectivity index (χ2n) is 7.90. The summed E-state index contributed by atoms with van der Waals surface area (Å²) in [5.74, 6) is -0.556. The number of halogens is 1. The minimum Gasteiger partial charge on any atom is -0.367 e. The van der Waals surface area contributed by atoms with E-state index in [9.17, 15) is 9.18 Å². The van der Waals surface area contributed by atoms with Crippen LogP contribution >= 0.6 is 0 Å². The summed E-state index contributed by atoms with van der Waals surface area (Å²) in [5, 5.41) is 5.08. The number of hydrogen-bond donors (Lipinski definition) is 1. The molecule has 0 spiro atoms. The number of benzene rings is 2. The summed E-state index contributed by atoms with van der Waals surface area (Å²) >= 11 is 0. The molecule has 2 heterocycles. The van der Waals surface area contributed by atoms with Crippen LogP contribution in [0.5, 0.6) is 0 Å². The highest BCUT2D eigenvalue weighted by Crippen LogP contribution is 2.23. The Morgan fingerprint density at radius 3 is 2.58 bits per heavy atom. The molecule has 0 radical (unpaired) electrons. The lowest BCUT2D eigenvalue weighted by molar-refractivity contribution is 0.0956. The second-order valence-corrected chi connectivity index (χ2v) is 7.90. The maximum Gasteiger partial charge on any atom is 0.273 e. The van der Waals surface area contributed by atoms with Crippen LogP contribution in [0.1, 0.15) is 29.8 Å². The van der Waals surface area contributed by atoms with Gasteiger partial charge in [-0.05, 0) is 31.7 Å². The molecule has 3 aromatic rings. The fourth-order valence-corrected chi connectivity index (χ4v) is 4.08. The second kappa shape index (κ2) is 8.89. The number of amides is 1. The molecular formula is C24H28FN5O. The number of para-hydroxylation sites is 1. The van der Waals surface area contributed by atoms with Crippen LogP contribution in [-0.4, -0.2) is 53.8 Å². The summed E-state index contributed by atoms with van der Waals surface area (Å²) < 4.78 is 16.7. The molecule has 1 aliphatic heterocycles. The largest absolute Gasteiger partial charge is 0.367 e. The van der Waals surface area contributed by atoms with Crippen molar-refractivity contribution >= 4 is 28.2 Å². The number of aryl methyl sites for hydroxylation is 1. The van der Waals surface area contributed by atoms with Crippen molar-refractivity contribution in [2.24, 2.45) is 12.1 Å². The van der Waals surface area contributed by atoms with Gasteiger partial charge in [0.15, 0.2) is 0 Å². The van der Waals surface area contributed by atoms with Crippen molar-refractivity contribution in [1.29, 1.82) is 0 Å². The standard InChI is InChI=1S/C24H28FN5O/c1-4-29-11-13-30(14-12-29)23-10-9-18(15-21(23)25)17(2)26-27-24(31)20-16-28(3)22-8-6-5-7-19(20)22/h5-10,15-16H,4,11-14H2,1-3H3,(H,27,31)/b26-17-. The summed E-state index contributed by atoms with van der Waals surface area (Å²) in [5.41, 5.74) is 5.96. The van der Waals surface area contributed by atoms with Gasteiger partial charge in [-0.15, -0.1) is 0 Å². The zero-order chi connectivity index (χ0) is 22.0. The molecule has 4 rings (SSSR count). The molecule has 2 aromatic carbocycles. The molecule has 31 heavy (non-hydrogen) atoms. The lowest BCUT2D eigenvalue weighted by Crippen LogP contribution is -2.46. The number of piperazine rings is 1. The van der Waals surface area contributed by atoms with Crippen molar-refractivity contribution in [2.45, 2.75) is 13.8 Å². The molecule has 0 unspecified atom stereocenters. The van der Waals surface area contributed by atoms with Crippen molar-refractivity contribution in [1.82, 2.24) is 14.9 Å². The Hall–Kier alpha value is -3.19. The molecule has 0 bridgehead atoms. The van der Waals surface area contributed by atoms with E-state index in [4.69, 9.17) is 0 Å². The first-order valence-corrected chi connectivity index (χ1v) is 10.6. The summed E-state index contributed by atoms with van der Waals surface area (Å²) in [7, 11) is 1.90. The van der Waals surface area contributed by atoms with Gasteiger partial charge in [0.2, 0.25) is 0 Å². The number of fused-ring (bicyclic) bond motifs is 1. The minimum absolute atomic E-state index is 0.266. The van der Waals surface area contributed by atoms with E-state index in [1.165, 1.54) is 6.07 Å². The quantitative estimate of drug-likeness (QED) is 0.506. The molecule has 0 atom stereocenters. The van der Waals surface area contributed by atoms with Crippen LogP contribution in [0.15, 0.2) is 53.8 Å².